The number of carbonyl (C=O) groups excluding carboxylic acids is 1. The summed E-state index contributed by atoms with van der Waals surface area (Å²) in [4.78, 5) is 18.8. The third-order valence-corrected chi connectivity index (χ3v) is 7.72. The normalized spacial score (nSPS) is 16.8. The van der Waals surface area contributed by atoms with E-state index in [0.29, 0.717) is 15.8 Å². The number of thiocarbonyl (C=S) groups is 1. The van der Waals surface area contributed by atoms with Gasteiger partial charge in [-0.1, -0.05) is 23.7 Å². The second-order valence-electron chi connectivity index (χ2n) is 9.55. The molecule has 3 heterocycles. The Bertz CT molecular complexity index is 1520. The first-order chi connectivity index (χ1) is 18.8. The maximum absolute atomic E-state index is 12.0. The lowest BCUT2D eigenvalue weighted by Gasteiger charge is -2.29. The molecular formula is C30H30ClN5O2S. The smallest absolute Gasteiger partial charge is 0.250 e. The molecule has 0 aliphatic carbocycles. The Hall–Kier alpha value is -3.72. The zero-order valence-electron chi connectivity index (χ0n) is 22.2. The number of hydrogen-bond donors (Lipinski definition) is 2. The minimum Gasteiger partial charge on any atom is -0.375 e. The predicted octanol–water partition coefficient (Wildman–Crippen LogP) is 6.21. The Balaban J connectivity index is 1.62. The molecule has 1 amide bonds. The third kappa shape index (κ3) is 5.15. The highest BCUT2D eigenvalue weighted by atomic mass is 35.5. The van der Waals surface area contributed by atoms with Crippen molar-refractivity contribution in [1.29, 1.82) is 0 Å². The molecule has 1 saturated heterocycles. The van der Waals surface area contributed by atoms with Gasteiger partial charge in [-0.2, -0.15) is 0 Å². The van der Waals surface area contributed by atoms with Crippen LogP contribution in [0.25, 0.3) is 5.69 Å². The molecule has 0 radical (unpaired) electrons. The van der Waals surface area contributed by atoms with E-state index in [1.165, 1.54) is 18.2 Å². The summed E-state index contributed by atoms with van der Waals surface area (Å²) >= 11 is 12.3. The molecule has 2 N–H and O–H groups in total. The van der Waals surface area contributed by atoms with Crippen molar-refractivity contribution >= 4 is 46.2 Å². The Morgan fingerprint density at radius 1 is 1.05 bits per heavy atom. The Morgan fingerprint density at radius 2 is 1.82 bits per heavy atom. The highest BCUT2D eigenvalue weighted by Gasteiger charge is 2.43. The van der Waals surface area contributed by atoms with Gasteiger partial charge in [0.1, 0.15) is 6.61 Å². The van der Waals surface area contributed by atoms with Gasteiger partial charge in [-0.05, 0) is 93.1 Å². The maximum atomic E-state index is 12.0. The molecular weight excluding hydrogens is 530 g/mol. The fourth-order valence-corrected chi connectivity index (χ4v) is 5.93. The van der Waals surface area contributed by atoms with Crippen molar-refractivity contribution in [3.05, 3.63) is 106 Å². The Morgan fingerprint density at radius 3 is 2.49 bits per heavy atom. The maximum Gasteiger partial charge on any atom is 0.250 e. The van der Waals surface area contributed by atoms with Crippen LogP contribution in [0.3, 0.4) is 0 Å². The van der Waals surface area contributed by atoms with E-state index in [4.69, 9.17) is 28.6 Å². The van der Waals surface area contributed by atoms with Gasteiger partial charge in [0.25, 0.3) is 0 Å². The van der Waals surface area contributed by atoms with E-state index in [-0.39, 0.29) is 24.6 Å². The molecule has 2 unspecified atom stereocenters. The summed E-state index contributed by atoms with van der Waals surface area (Å²) in [7, 11) is 1.49. The van der Waals surface area contributed by atoms with E-state index in [1.54, 1.807) is 6.20 Å². The van der Waals surface area contributed by atoms with Crippen molar-refractivity contribution < 1.29 is 9.53 Å². The van der Waals surface area contributed by atoms with Gasteiger partial charge in [-0.3, -0.25) is 9.78 Å². The number of pyridine rings is 1. The quantitative estimate of drug-likeness (QED) is 0.262. The number of amides is 1. The molecule has 4 aromatic rings. The molecule has 7 nitrogen and oxygen atoms in total. The molecule has 9 heteroatoms. The number of hydrogen-bond acceptors (Lipinski definition) is 4. The highest BCUT2D eigenvalue weighted by molar-refractivity contribution is 7.80. The number of halogens is 1. The number of ether oxygens (including phenoxy) is 1. The fourth-order valence-electron chi connectivity index (χ4n) is 5.40. The van der Waals surface area contributed by atoms with Crippen molar-refractivity contribution in [1.82, 2.24) is 14.9 Å². The summed E-state index contributed by atoms with van der Waals surface area (Å²) in [6.07, 6.45) is 1.80. The number of aromatic nitrogens is 2. The molecule has 0 saturated carbocycles. The minimum absolute atomic E-state index is 0.00275. The van der Waals surface area contributed by atoms with E-state index in [0.717, 1.165) is 28.5 Å². The van der Waals surface area contributed by atoms with Crippen LogP contribution in [-0.4, -0.2) is 34.3 Å². The first-order valence-electron chi connectivity index (χ1n) is 12.6. The molecule has 200 valence electrons. The molecule has 2 atom stereocenters. The number of carbonyl (C=O) groups is 1. The highest BCUT2D eigenvalue weighted by Crippen LogP contribution is 2.45. The van der Waals surface area contributed by atoms with Gasteiger partial charge in [-0.15, -0.1) is 0 Å². The van der Waals surface area contributed by atoms with E-state index in [9.17, 15) is 4.79 Å². The summed E-state index contributed by atoms with van der Waals surface area (Å²) in [5.74, 6) is -0.208. The molecule has 2 aromatic heterocycles. The van der Waals surface area contributed by atoms with Gasteiger partial charge in [0.05, 0.1) is 17.8 Å². The minimum atomic E-state index is -0.208. The van der Waals surface area contributed by atoms with E-state index < -0.39 is 0 Å². The van der Waals surface area contributed by atoms with Crippen LogP contribution in [0, 0.1) is 20.8 Å². The monoisotopic (exact) mass is 559 g/mol. The molecule has 1 aliphatic heterocycles. The van der Waals surface area contributed by atoms with Crippen LogP contribution in [0.1, 0.15) is 40.3 Å². The lowest BCUT2D eigenvalue weighted by atomic mass is 9.93. The first kappa shape index (κ1) is 26.9. The average molecular weight is 560 g/mol. The summed E-state index contributed by atoms with van der Waals surface area (Å²) in [5.41, 5.74) is 8.11. The Labute approximate surface area is 238 Å². The SMILES string of the molecule is COCC(=O)Nc1ccc(N2C(=S)NC(c3ccccn3)C2c2c(C)c(C)n(-c3cccc(Cl)c3)c2C)cc1. The van der Waals surface area contributed by atoms with Crippen LogP contribution in [-0.2, 0) is 9.53 Å². The van der Waals surface area contributed by atoms with Gasteiger partial charge in [-0.25, -0.2) is 0 Å². The second-order valence-corrected chi connectivity index (χ2v) is 10.4. The van der Waals surface area contributed by atoms with Crippen molar-refractivity contribution in [3.63, 3.8) is 0 Å². The first-order valence-corrected chi connectivity index (χ1v) is 13.4. The van der Waals surface area contributed by atoms with Gasteiger partial charge < -0.3 is 24.8 Å². The summed E-state index contributed by atoms with van der Waals surface area (Å²) in [6.45, 7) is 6.42. The standard InChI is InChI=1S/C30H30ClN5O2S/c1-18-19(2)35(24-9-7-8-21(31)16-24)20(3)27(18)29-28(25-10-5-6-15-32-25)34-30(39)36(29)23-13-11-22(12-14-23)33-26(37)17-38-4/h5-16,28-29H,17H2,1-4H3,(H,33,37)(H,34,39). The van der Waals surface area contributed by atoms with Crippen LogP contribution in [0.15, 0.2) is 72.9 Å². The van der Waals surface area contributed by atoms with Crippen molar-refractivity contribution in [3.8, 4) is 5.69 Å². The van der Waals surface area contributed by atoms with Crippen LogP contribution in [0.2, 0.25) is 5.02 Å². The zero-order valence-corrected chi connectivity index (χ0v) is 23.8. The van der Waals surface area contributed by atoms with Gasteiger partial charge in [0.2, 0.25) is 5.91 Å². The number of anilines is 2. The number of rotatable bonds is 7. The van der Waals surface area contributed by atoms with Crippen LogP contribution in [0.4, 0.5) is 11.4 Å². The molecule has 2 aromatic carbocycles. The number of methoxy groups -OCH3 is 1. The van der Waals surface area contributed by atoms with Gasteiger partial charge in [0.15, 0.2) is 5.11 Å². The molecule has 0 bridgehead atoms. The van der Waals surface area contributed by atoms with Crippen molar-refractivity contribution in [2.75, 3.05) is 23.9 Å². The van der Waals surface area contributed by atoms with E-state index in [2.05, 4.69) is 51.9 Å². The van der Waals surface area contributed by atoms with Crippen LogP contribution >= 0.6 is 23.8 Å². The second kappa shape index (κ2) is 11.2. The molecule has 1 aliphatic rings. The average Bonchev–Trinajstić information content (AvgIpc) is 3.37. The van der Waals surface area contributed by atoms with Crippen LogP contribution < -0.4 is 15.5 Å². The topological polar surface area (TPSA) is 71.4 Å². The number of benzene rings is 2. The summed E-state index contributed by atoms with van der Waals surface area (Å²) in [5, 5.41) is 7.69. The van der Waals surface area contributed by atoms with E-state index >= 15 is 0 Å². The largest absolute Gasteiger partial charge is 0.375 e. The third-order valence-electron chi connectivity index (χ3n) is 7.17. The molecule has 39 heavy (non-hydrogen) atoms. The number of nitrogens with zero attached hydrogens (tertiary/aromatic N) is 3. The van der Waals surface area contributed by atoms with Crippen molar-refractivity contribution in [2.24, 2.45) is 0 Å². The number of nitrogens with one attached hydrogen (secondary N) is 2. The summed E-state index contributed by atoms with van der Waals surface area (Å²) in [6, 6.07) is 21.2. The van der Waals surface area contributed by atoms with Gasteiger partial charge >= 0.3 is 0 Å². The van der Waals surface area contributed by atoms with Crippen LogP contribution in [0.5, 0.6) is 0 Å². The predicted molar refractivity (Wildman–Crippen MR) is 160 cm³/mol. The lowest BCUT2D eigenvalue weighted by molar-refractivity contribution is -0.119. The fraction of sp³-hybridized carbons (Fsp3) is 0.233. The Kier molecular flexibility index (Phi) is 7.70. The zero-order chi connectivity index (χ0) is 27.7. The van der Waals surface area contributed by atoms with Gasteiger partial charge in [0, 0.05) is 52.3 Å². The van der Waals surface area contributed by atoms with Crippen molar-refractivity contribution in [2.45, 2.75) is 32.9 Å². The summed E-state index contributed by atoms with van der Waals surface area (Å²) < 4.78 is 7.17. The lowest BCUT2D eigenvalue weighted by Crippen LogP contribution is -2.29. The molecule has 5 rings (SSSR count). The molecule has 1 fully saturated rings. The van der Waals surface area contributed by atoms with E-state index in [1.807, 2.05) is 60.7 Å². The molecule has 0 spiro atoms.